The molecule has 0 heterocycles. The van der Waals surface area contributed by atoms with Crippen molar-refractivity contribution in [3.05, 3.63) is 97.2 Å². The largest absolute Gasteiger partial charge is 0.462 e. The molecule has 5 nitrogen and oxygen atoms in total. The molecule has 1 atom stereocenters. The van der Waals surface area contributed by atoms with Crippen LogP contribution in [0.3, 0.4) is 0 Å². The molecular weight excluding hydrogens is 801 g/mol. The van der Waals surface area contributed by atoms with Crippen molar-refractivity contribution in [3.63, 3.8) is 0 Å². The Balaban J connectivity index is 3.50. The van der Waals surface area contributed by atoms with Gasteiger partial charge in [-0.25, -0.2) is 0 Å². The van der Waals surface area contributed by atoms with E-state index in [1.807, 2.05) is 0 Å². The van der Waals surface area contributed by atoms with E-state index in [1.54, 1.807) is 0 Å². The van der Waals surface area contributed by atoms with E-state index in [2.05, 4.69) is 111 Å². The van der Waals surface area contributed by atoms with Crippen molar-refractivity contribution in [2.24, 2.45) is 0 Å². The minimum Gasteiger partial charge on any atom is -0.462 e. The first-order valence-corrected chi connectivity index (χ1v) is 27.3. The topological polar surface area (TPSA) is 72.8 Å². The standard InChI is InChI=1S/C60H102O5/c1-3-5-7-9-11-13-15-17-19-20-21-22-23-24-25-26-27-28-29-30-31-32-33-34-35-36-37-38-39-40-41-43-45-47-49-51-53-55-60(63)65-58(56-61)57-64-59(62)54-52-50-48-46-44-42-18-16-14-12-10-8-6-4-2/h5,7,11,13,16-19,21-22,24-25,27-28,30-31,58,61H,3-4,6,8-10,12,14-15,20,23,26,29,32-57H2,1-2H3/b7-5-,13-11-,18-16-,19-17-,22-21-,25-24-,28-27-,31-30-. The van der Waals surface area contributed by atoms with Crippen LogP contribution in [0.4, 0.5) is 0 Å². The highest BCUT2D eigenvalue weighted by atomic mass is 16.6. The first-order valence-electron chi connectivity index (χ1n) is 27.3. The molecule has 0 fully saturated rings. The van der Waals surface area contributed by atoms with Gasteiger partial charge in [-0.05, 0) is 96.3 Å². The molecule has 1 N–H and O–H groups in total. The van der Waals surface area contributed by atoms with Crippen molar-refractivity contribution >= 4 is 11.9 Å². The second-order valence-electron chi connectivity index (χ2n) is 17.9. The van der Waals surface area contributed by atoms with Gasteiger partial charge in [0.1, 0.15) is 6.61 Å². The summed E-state index contributed by atoms with van der Waals surface area (Å²) in [5, 5.41) is 9.62. The van der Waals surface area contributed by atoms with Gasteiger partial charge in [-0.1, -0.05) is 239 Å². The molecule has 372 valence electrons. The number of carbonyl (C=O) groups is 2. The molecule has 0 saturated carbocycles. The lowest BCUT2D eigenvalue weighted by molar-refractivity contribution is -0.161. The Hall–Kier alpha value is -3.18. The Morgan fingerprint density at radius 1 is 0.369 bits per heavy atom. The number of aliphatic hydroxyl groups is 1. The van der Waals surface area contributed by atoms with Gasteiger partial charge in [0.2, 0.25) is 0 Å². The molecule has 0 aliphatic rings. The molecular formula is C60H102O5. The van der Waals surface area contributed by atoms with E-state index >= 15 is 0 Å². The summed E-state index contributed by atoms with van der Waals surface area (Å²) in [6.45, 7) is 4.01. The van der Waals surface area contributed by atoms with Crippen molar-refractivity contribution in [3.8, 4) is 0 Å². The van der Waals surface area contributed by atoms with Crippen LogP contribution in [0, 0.1) is 0 Å². The number of esters is 2. The highest BCUT2D eigenvalue weighted by molar-refractivity contribution is 5.70. The lowest BCUT2D eigenvalue weighted by Crippen LogP contribution is -2.28. The SMILES string of the molecule is CC/C=C\C/C=C\C/C=C\C/C=C\C/C=C\C/C=C\C/C=C\CCCCCCCCCCCCCCCCCC(=O)OC(CO)COC(=O)CCCCCCC/C=C\CCCCCCC. The summed E-state index contributed by atoms with van der Waals surface area (Å²) in [5.74, 6) is -0.599. The summed E-state index contributed by atoms with van der Waals surface area (Å²) in [6, 6.07) is 0. The van der Waals surface area contributed by atoms with E-state index in [-0.39, 0.29) is 25.2 Å². The van der Waals surface area contributed by atoms with Gasteiger partial charge in [-0.3, -0.25) is 9.59 Å². The van der Waals surface area contributed by atoms with Crippen LogP contribution in [-0.2, 0) is 19.1 Å². The molecule has 5 heteroatoms. The van der Waals surface area contributed by atoms with E-state index in [1.165, 1.54) is 135 Å². The second kappa shape index (κ2) is 55.1. The Morgan fingerprint density at radius 2 is 0.662 bits per heavy atom. The Morgan fingerprint density at radius 3 is 1.02 bits per heavy atom. The zero-order valence-corrected chi connectivity index (χ0v) is 42.5. The number of hydrogen-bond donors (Lipinski definition) is 1. The Bertz CT molecular complexity index is 1250. The molecule has 0 radical (unpaired) electrons. The van der Waals surface area contributed by atoms with Gasteiger partial charge in [0, 0.05) is 12.8 Å². The molecule has 0 spiro atoms. The fourth-order valence-electron chi connectivity index (χ4n) is 7.53. The van der Waals surface area contributed by atoms with Gasteiger partial charge in [-0.2, -0.15) is 0 Å². The first kappa shape index (κ1) is 61.8. The second-order valence-corrected chi connectivity index (χ2v) is 17.9. The average Bonchev–Trinajstić information content (AvgIpc) is 3.31. The third kappa shape index (κ3) is 53.3. The molecule has 0 aromatic carbocycles. The van der Waals surface area contributed by atoms with Gasteiger partial charge in [0.05, 0.1) is 6.61 Å². The van der Waals surface area contributed by atoms with Crippen molar-refractivity contribution < 1.29 is 24.2 Å². The summed E-state index contributed by atoms with van der Waals surface area (Å²) in [7, 11) is 0. The summed E-state index contributed by atoms with van der Waals surface area (Å²) >= 11 is 0. The highest BCUT2D eigenvalue weighted by Crippen LogP contribution is 2.15. The number of unbranched alkanes of at least 4 members (excludes halogenated alkanes) is 25. The molecule has 0 aromatic heterocycles. The zero-order chi connectivity index (χ0) is 47.0. The van der Waals surface area contributed by atoms with Gasteiger partial charge in [-0.15, -0.1) is 0 Å². The fourth-order valence-corrected chi connectivity index (χ4v) is 7.53. The van der Waals surface area contributed by atoms with Crippen LogP contribution in [0.5, 0.6) is 0 Å². The molecule has 0 aliphatic carbocycles. The van der Waals surface area contributed by atoms with Gasteiger partial charge in [0.15, 0.2) is 6.10 Å². The number of ether oxygens (including phenoxy) is 2. The third-order valence-electron chi connectivity index (χ3n) is 11.6. The molecule has 0 saturated heterocycles. The number of allylic oxidation sites excluding steroid dienone is 16. The predicted octanol–water partition coefficient (Wildman–Crippen LogP) is 18.4. The van der Waals surface area contributed by atoms with Gasteiger partial charge >= 0.3 is 11.9 Å². The van der Waals surface area contributed by atoms with Gasteiger partial charge in [0.25, 0.3) is 0 Å². The molecule has 0 rings (SSSR count). The zero-order valence-electron chi connectivity index (χ0n) is 42.5. The maximum Gasteiger partial charge on any atom is 0.306 e. The number of aliphatic hydroxyl groups excluding tert-OH is 1. The molecule has 0 aromatic rings. The first-order chi connectivity index (χ1) is 32.1. The number of carbonyl (C=O) groups excluding carboxylic acids is 2. The Kier molecular flexibility index (Phi) is 52.5. The number of rotatable bonds is 49. The molecule has 0 amide bonds. The monoisotopic (exact) mass is 903 g/mol. The van der Waals surface area contributed by atoms with Crippen LogP contribution >= 0.6 is 0 Å². The van der Waals surface area contributed by atoms with Crippen molar-refractivity contribution in [2.75, 3.05) is 13.2 Å². The average molecular weight is 903 g/mol. The molecule has 0 bridgehead atoms. The van der Waals surface area contributed by atoms with Crippen molar-refractivity contribution in [1.29, 1.82) is 0 Å². The van der Waals surface area contributed by atoms with E-state index in [4.69, 9.17) is 9.47 Å². The molecule has 1 unspecified atom stereocenters. The highest BCUT2D eigenvalue weighted by Gasteiger charge is 2.16. The van der Waals surface area contributed by atoms with Crippen LogP contribution in [0.1, 0.15) is 251 Å². The van der Waals surface area contributed by atoms with Crippen molar-refractivity contribution in [1.82, 2.24) is 0 Å². The smallest absolute Gasteiger partial charge is 0.306 e. The minimum atomic E-state index is -0.778. The predicted molar refractivity (Wildman–Crippen MR) is 283 cm³/mol. The molecule has 65 heavy (non-hydrogen) atoms. The van der Waals surface area contributed by atoms with E-state index in [0.29, 0.717) is 12.8 Å². The van der Waals surface area contributed by atoms with Crippen LogP contribution in [0.25, 0.3) is 0 Å². The lowest BCUT2D eigenvalue weighted by atomic mass is 10.0. The summed E-state index contributed by atoms with van der Waals surface area (Å²) < 4.78 is 10.7. The van der Waals surface area contributed by atoms with Gasteiger partial charge < -0.3 is 14.6 Å². The summed E-state index contributed by atoms with van der Waals surface area (Å²) in [6.07, 6.45) is 78.1. The van der Waals surface area contributed by atoms with Crippen LogP contribution in [0.15, 0.2) is 97.2 Å². The third-order valence-corrected chi connectivity index (χ3v) is 11.6. The van der Waals surface area contributed by atoms with Crippen LogP contribution < -0.4 is 0 Å². The van der Waals surface area contributed by atoms with E-state index in [0.717, 1.165) is 89.9 Å². The van der Waals surface area contributed by atoms with Crippen molar-refractivity contribution in [2.45, 2.75) is 258 Å². The van der Waals surface area contributed by atoms with Crippen LogP contribution in [-0.4, -0.2) is 36.4 Å². The summed E-state index contributed by atoms with van der Waals surface area (Å²) in [5.41, 5.74) is 0. The maximum absolute atomic E-state index is 12.3. The normalized spacial score (nSPS) is 13.0. The Labute approximate surface area is 402 Å². The quantitative estimate of drug-likeness (QED) is 0.0374. The minimum absolute atomic E-state index is 0.0717. The van der Waals surface area contributed by atoms with E-state index < -0.39 is 6.10 Å². The maximum atomic E-state index is 12.3. The fraction of sp³-hybridized carbons (Fsp3) is 0.700. The lowest BCUT2D eigenvalue weighted by Gasteiger charge is -2.15. The van der Waals surface area contributed by atoms with Crippen LogP contribution in [0.2, 0.25) is 0 Å². The van der Waals surface area contributed by atoms with E-state index in [9.17, 15) is 14.7 Å². The number of hydrogen-bond acceptors (Lipinski definition) is 5. The summed E-state index contributed by atoms with van der Waals surface area (Å²) in [4.78, 5) is 24.4. The molecule has 0 aliphatic heterocycles.